The average Bonchev–Trinajstić information content (AvgIpc) is 2.64. The molecule has 1 aliphatic heterocycles. The molecule has 1 saturated heterocycles. The highest BCUT2D eigenvalue weighted by molar-refractivity contribution is 5.72. The number of ether oxygens (including phenoxy) is 1. The van der Waals surface area contributed by atoms with Gasteiger partial charge in [-0.25, -0.2) is 4.79 Å². The van der Waals surface area contributed by atoms with Gasteiger partial charge in [0, 0.05) is 25.7 Å². The van der Waals surface area contributed by atoms with Crippen LogP contribution in [0.1, 0.15) is 19.8 Å². The van der Waals surface area contributed by atoms with E-state index in [0.717, 1.165) is 25.9 Å². The van der Waals surface area contributed by atoms with Crippen molar-refractivity contribution in [2.45, 2.75) is 31.9 Å². The zero-order chi connectivity index (χ0) is 12.8. The fourth-order valence-electron chi connectivity index (χ4n) is 2.38. The fraction of sp³-hybridized carbons (Fsp3) is 0.917. The lowest BCUT2D eigenvalue weighted by molar-refractivity contribution is -0.151. The molecule has 0 spiro atoms. The van der Waals surface area contributed by atoms with Crippen LogP contribution in [0, 0.1) is 0 Å². The summed E-state index contributed by atoms with van der Waals surface area (Å²) < 4.78 is 5.26. The molecule has 100 valence electrons. The molecule has 2 unspecified atom stereocenters. The van der Waals surface area contributed by atoms with Crippen LogP contribution in [0.15, 0.2) is 0 Å². The van der Waals surface area contributed by atoms with Crippen molar-refractivity contribution in [2.75, 3.05) is 40.3 Å². The maximum absolute atomic E-state index is 11.0. The van der Waals surface area contributed by atoms with E-state index in [-0.39, 0.29) is 0 Å². The first-order chi connectivity index (χ1) is 8.04. The van der Waals surface area contributed by atoms with Gasteiger partial charge in [0.2, 0.25) is 0 Å². The summed E-state index contributed by atoms with van der Waals surface area (Å²) in [6.45, 7) is 4.75. The third-order valence-electron chi connectivity index (χ3n) is 3.12. The molecule has 17 heavy (non-hydrogen) atoms. The highest BCUT2D eigenvalue weighted by Crippen LogP contribution is 2.18. The minimum Gasteiger partial charge on any atom is -0.479 e. The van der Waals surface area contributed by atoms with Gasteiger partial charge in [-0.3, -0.25) is 4.90 Å². The molecule has 1 heterocycles. The number of carboxylic acid groups (broad SMARTS) is 1. The Morgan fingerprint density at radius 3 is 2.82 bits per heavy atom. The number of likely N-dealkylation sites (N-methyl/N-ethyl adjacent to an activating group) is 1. The predicted molar refractivity (Wildman–Crippen MR) is 66.2 cm³/mol. The van der Waals surface area contributed by atoms with Gasteiger partial charge >= 0.3 is 5.97 Å². The van der Waals surface area contributed by atoms with Crippen molar-refractivity contribution in [1.29, 1.82) is 0 Å². The summed E-state index contributed by atoms with van der Waals surface area (Å²) in [5, 5.41) is 9.07. The maximum atomic E-state index is 11.0. The summed E-state index contributed by atoms with van der Waals surface area (Å²) in [7, 11) is 4.10. The van der Waals surface area contributed by atoms with Gasteiger partial charge < -0.3 is 14.7 Å². The standard InChI is InChI=1S/C12H24N2O3/c1-4-17-11(12(15)16)9-14-7-5-6-10(14)8-13(2)3/h10-11H,4-9H2,1-3H3,(H,15,16). The Labute approximate surface area is 103 Å². The number of hydrogen-bond donors (Lipinski definition) is 1. The van der Waals surface area contributed by atoms with Crippen molar-refractivity contribution < 1.29 is 14.6 Å². The van der Waals surface area contributed by atoms with Crippen molar-refractivity contribution in [3.63, 3.8) is 0 Å². The summed E-state index contributed by atoms with van der Waals surface area (Å²) in [4.78, 5) is 15.4. The SMILES string of the molecule is CCOC(CN1CCCC1CN(C)C)C(=O)O. The Kier molecular flexibility index (Phi) is 5.88. The predicted octanol–water partition coefficient (Wildman–Crippen LogP) is 0.502. The fourth-order valence-corrected chi connectivity index (χ4v) is 2.38. The number of carbonyl (C=O) groups is 1. The normalized spacial score (nSPS) is 23.2. The van der Waals surface area contributed by atoms with E-state index >= 15 is 0 Å². The topological polar surface area (TPSA) is 53.0 Å². The minimum atomic E-state index is -0.859. The average molecular weight is 244 g/mol. The number of aliphatic carboxylic acids is 1. The van der Waals surface area contributed by atoms with Crippen molar-refractivity contribution in [3.05, 3.63) is 0 Å². The zero-order valence-electron chi connectivity index (χ0n) is 11.1. The van der Waals surface area contributed by atoms with Crippen molar-refractivity contribution >= 4 is 5.97 Å². The van der Waals surface area contributed by atoms with Gasteiger partial charge in [0.25, 0.3) is 0 Å². The summed E-state index contributed by atoms with van der Waals surface area (Å²) in [5.74, 6) is -0.859. The Balaban J connectivity index is 2.49. The van der Waals surface area contributed by atoms with E-state index in [0.29, 0.717) is 19.2 Å². The van der Waals surface area contributed by atoms with E-state index in [2.05, 4.69) is 9.80 Å². The Bertz CT molecular complexity index is 246. The number of nitrogens with zero attached hydrogens (tertiary/aromatic N) is 2. The third kappa shape index (κ3) is 4.61. The minimum absolute atomic E-state index is 0.448. The van der Waals surface area contributed by atoms with Crippen LogP contribution in [0.2, 0.25) is 0 Å². The molecule has 0 aromatic carbocycles. The second kappa shape index (κ2) is 6.93. The first-order valence-electron chi connectivity index (χ1n) is 6.27. The Morgan fingerprint density at radius 2 is 2.29 bits per heavy atom. The largest absolute Gasteiger partial charge is 0.479 e. The van der Waals surface area contributed by atoms with Crippen LogP contribution in [-0.2, 0) is 9.53 Å². The smallest absolute Gasteiger partial charge is 0.334 e. The molecule has 2 atom stereocenters. The van der Waals surface area contributed by atoms with Gasteiger partial charge in [-0.05, 0) is 40.4 Å². The number of rotatable bonds is 7. The summed E-state index contributed by atoms with van der Waals surface area (Å²) in [6, 6.07) is 0.465. The van der Waals surface area contributed by atoms with Crippen LogP contribution < -0.4 is 0 Å². The lowest BCUT2D eigenvalue weighted by Crippen LogP contribution is -2.44. The molecule has 0 bridgehead atoms. The van der Waals surface area contributed by atoms with Crippen LogP contribution in [0.3, 0.4) is 0 Å². The van der Waals surface area contributed by atoms with Gasteiger partial charge in [0.15, 0.2) is 6.10 Å². The van der Waals surface area contributed by atoms with E-state index < -0.39 is 12.1 Å². The van der Waals surface area contributed by atoms with Gasteiger partial charge in [-0.15, -0.1) is 0 Å². The Morgan fingerprint density at radius 1 is 1.59 bits per heavy atom. The highest BCUT2D eigenvalue weighted by Gasteiger charge is 2.29. The van der Waals surface area contributed by atoms with Gasteiger partial charge in [-0.2, -0.15) is 0 Å². The van der Waals surface area contributed by atoms with Crippen LogP contribution in [0.4, 0.5) is 0 Å². The Hall–Kier alpha value is -0.650. The second-order valence-electron chi connectivity index (χ2n) is 4.84. The quantitative estimate of drug-likeness (QED) is 0.707. The zero-order valence-corrected chi connectivity index (χ0v) is 11.1. The molecule has 0 aromatic rings. The van der Waals surface area contributed by atoms with Crippen molar-refractivity contribution in [1.82, 2.24) is 9.80 Å². The molecule has 0 amide bonds. The molecule has 0 aromatic heterocycles. The number of hydrogen-bond acceptors (Lipinski definition) is 4. The summed E-state index contributed by atoms with van der Waals surface area (Å²) >= 11 is 0. The van der Waals surface area contributed by atoms with Crippen LogP contribution in [0.5, 0.6) is 0 Å². The van der Waals surface area contributed by atoms with E-state index in [4.69, 9.17) is 9.84 Å². The first kappa shape index (κ1) is 14.4. The molecule has 0 aliphatic carbocycles. The van der Waals surface area contributed by atoms with E-state index in [9.17, 15) is 4.79 Å². The molecule has 1 fully saturated rings. The van der Waals surface area contributed by atoms with Crippen molar-refractivity contribution in [3.8, 4) is 0 Å². The molecule has 0 saturated carbocycles. The molecule has 0 radical (unpaired) electrons. The molecule has 1 aliphatic rings. The monoisotopic (exact) mass is 244 g/mol. The highest BCUT2D eigenvalue weighted by atomic mass is 16.5. The molecule has 1 rings (SSSR count). The first-order valence-corrected chi connectivity index (χ1v) is 6.27. The van der Waals surface area contributed by atoms with Gasteiger partial charge in [0.1, 0.15) is 0 Å². The van der Waals surface area contributed by atoms with Crippen LogP contribution in [0.25, 0.3) is 0 Å². The third-order valence-corrected chi connectivity index (χ3v) is 3.12. The maximum Gasteiger partial charge on any atom is 0.334 e. The lowest BCUT2D eigenvalue weighted by atomic mass is 10.2. The molecular formula is C12H24N2O3. The van der Waals surface area contributed by atoms with E-state index in [1.54, 1.807) is 0 Å². The molecule has 1 N–H and O–H groups in total. The van der Waals surface area contributed by atoms with E-state index in [1.165, 1.54) is 0 Å². The van der Waals surface area contributed by atoms with E-state index in [1.807, 2.05) is 21.0 Å². The van der Waals surface area contributed by atoms with Gasteiger partial charge in [-0.1, -0.05) is 0 Å². The molecule has 5 heteroatoms. The second-order valence-corrected chi connectivity index (χ2v) is 4.84. The molecular weight excluding hydrogens is 220 g/mol. The molecule has 5 nitrogen and oxygen atoms in total. The van der Waals surface area contributed by atoms with Crippen LogP contribution in [-0.4, -0.2) is 73.4 Å². The lowest BCUT2D eigenvalue weighted by Gasteiger charge is -2.28. The van der Waals surface area contributed by atoms with Crippen LogP contribution >= 0.6 is 0 Å². The summed E-state index contributed by atoms with van der Waals surface area (Å²) in [5.41, 5.74) is 0. The number of carboxylic acids is 1. The number of likely N-dealkylation sites (tertiary alicyclic amines) is 1. The van der Waals surface area contributed by atoms with Gasteiger partial charge in [0.05, 0.1) is 0 Å². The van der Waals surface area contributed by atoms with Crippen molar-refractivity contribution in [2.24, 2.45) is 0 Å². The summed E-state index contributed by atoms with van der Waals surface area (Å²) in [6.07, 6.45) is 1.61.